The molecule has 2 N–H and O–H groups in total. The predicted molar refractivity (Wildman–Crippen MR) is 83.7 cm³/mol. The molecule has 0 saturated carbocycles. The number of hydrogen-bond donors (Lipinski definition) is 2. The van der Waals surface area contributed by atoms with Gasteiger partial charge in [0.15, 0.2) is 0 Å². The van der Waals surface area contributed by atoms with Crippen LogP contribution >= 0.6 is 0 Å². The molecule has 0 unspecified atom stereocenters. The molecule has 0 atom stereocenters. The Kier molecular flexibility index (Phi) is 7.74. The van der Waals surface area contributed by atoms with Crippen LogP contribution in [0.5, 0.6) is 0 Å². The smallest absolute Gasteiger partial charge is 0.0626 e. The second-order valence-corrected chi connectivity index (χ2v) is 3.78. The molecule has 3 heteroatoms. The number of nitrogens with zero attached hydrogens (tertiary/aromatic N) is 1. The molecule has 3 nitrogen and oxygen atoms in total. The fourth-order valence-corrected chi connectivity index (χ4v) is 1.36. The van der Waals surface area contributed by atoms with Gasteiger partial charge in [-0.3, -0.25) is 4.99 Å². The molecule has 0 bridgehead atoms. The summed E-state index contributed by atoms with van der Waals surface area (Å²) in [5, 5.41) is 11.6. The van der Waals surface area contributed by atoms with Gasteiger partial charge in [-0.1, -0.05) is 42.5 Å². The SMILES string of the molecule is CNc1ccc(/C=C/C=C/C=C\C=N\CCO)cc1. The average Bonchev–Trinajstić information content (AvgIpc) is 2.46. The number of nitrogens with one attached hydrogen (secondary N) is 1. The molecule has 0 aromatic heterocycles. The van der Waals surface area contributed by atoms with Crippen molar-refractivity contribution >= 4 is 18.0 Å². The van der Waals surface area contributed by atoms with Gasteiger partial charge in [0.2, 0.25) is 0 Å². The van der Waals surface area contributed by atoms with Gasteiger partial charge in [-0.2, -0.15) is 0 Å². The topological polar surface area (TPSA) is 44.6 Å². The first-order chi connectivity index (χ1) is 9.36. The quantitative estimate of drug-likeness (QED) is 0.582. The molecule has 100 valence electrons. The summed E-state index contributed by atoms with van der Waals surface area (Å²) < 4.78 is 0. The fourth-order valence-electron chi connectivity index (χ4n) is 1.36. The molecule has 1 rings (SSSR count). The Bertz CT molecular complexity index is 456. The minimum atomic E-state index is 0.0925. The first kappa shape index (κ1) is 14.9. The average molecular weight is 256 g/mol. The Balaban J connectivity index is 2.36. The molecule has 0 spiro atoms. The number of aliphatic imine (C=N–C) groups is 1. The van der Waals surface area contributed by atoms with Crippen molar-refractivity contribution in [1.29, 1.82) is 0 Å². The van der Waals surface area contributed by atoms with Crippen LogP contribution in [-0.2, 0) is 0 Å². The highest BCUT2D eigenvalue weighted by Crippen LogP contribution is 2.09. The Morgan fingerprint density at radius 1 is 1.05 bits per heavy atom. The second-order valence-electron chi connectivity index (χ2n) is 3.78. The predicted octanol–water partition coefficient (Wildman–Crippen LogP) is 2.92. The third-order valence-electron chi connectivity index (χ3n) is 2.35. The highest BCUT2D eigenvalue weighted by atomic mass is 16.3. The summed E-state index contributed by atoms with van der Waals surface area (Å²) in [5.74, 6) is 0. The van der Waals surface area contributed by atoms with Crippen molar-refractivity contribution in [3.05, 3.63) is 60.2 Å². The highest BCUT2D eigenvalue weighted by molar-refractivity contribution is 5.71. The van der Waals surface area contributed by atoms with E-state index in [2.05, 4.69) is 22.4 Å². The van der Waals surface area contributed by atoms with Crippen molar-refractivity contribution in [2.45, 2.75) is 0 Å². The minimum absolute atomic E-state index is 0.0925. The van der Waals surface area contributed by atoms with E-state index in [0.29, 0.717) is 6.54 Å². The number of aliphatic hydroxyl groups excluding tert-OH is 1. The number of anilines is 1. The van der Waals surface area contributed by atoms with Crippen LogP contribution in [-0.4, -0.2) is 31.5 Å². The van der Waals surface area contributed by atoms with Crippen LogP contribution in [0, 0.1) is 0 Å². The number of hydrogen-bond acceptors (Lipinski definition) is 3. The van der Waals surface area contributed by atoms with Crippen LogP contribution in [0.4, 0.5) is 5.69 Å². The summed E-state index contributed by atoms with van der Waals surface area (Å²) in [7, 11) is 1.91. The Hall–Kier alpha value is -2.13. The van der Waals surface area contributed by atoms with Gasteiger partial charge in [0.25, 0.3) is 0 Å². The molecule has 0 aliphatic carbocycles. The van der Waals surface area contributed by atoms with Gasteiger partial charge in [-0.05, 0) is 23.8 Å². The van der Waals surface area contributed by atoms with E-state index in [9.17, 15) is 0 Å². The van der Waals surface area contributed by atoms with Crippen molar-refractivity contribution in [2.24, 2.45) is 4.99 Å². The largest absolute Gasteiger partial charge is 0.394 e. The molecule has 19 heavy (non-hydrogen) atoms. The number of benzene rings is 1. The van der Waals surface area contributed by atoms with E-state index in [4.69, 9.17) is 5.11 Å². The lowest BCUT2D eigenvalue weighted by Gasteiger charge is -1.98. The van der Waals surface area contributed by atoms with Gasteiger partial charge in [0.1, 0.15) is 0 Å². The van der Waals surface area contributed by atoms with E-state index < -0.39 is 0 Å². The monoisotopic (exact) mass is 256 g/mol. The van der Waals surface area contributed by atoms with Gasteiger partial charge in [0, 0.05) is 18.9 Å². The van der Waals surface area contributed by atoms with E-state index in [1.54, 1.807) is 6.21 Å². The molecule has 0 heterocycles. The maximum absolute atomic E-state index is 8.52. The molecule has 0 aliphatic rings. The van der Waals surface area contributed by atoms with Gasteiger partial charge >= 0.3 is 0 Å². The van der Waals surface area contributed by atoms with E-state index in [1.165, 1.54) is 0 Å². The van der Waals surface area contributed by atoms with Crippen molar-refractivity contribution < 1.29 is 5.11 Å². The summed E-state index contributed by atoms with van der Waals surface area (Å²) in [6.45, 7) is 0.547. The van der Waals surface area contributed by atoms with Gasteiger partial charge in [-0.15, -0.1) is 0 Å². The van der Waals surface area contributed by atoms with Crippen molar-refractivity contribution in [2.75, 3.05) is 25.5 Å². The zero-order chi connectivity index (χ0) is 13.8. The minimum Gasteiger partial charge on any atom is -0.394 e. The van der Waals surface area contributed by atoms with E-state index in [1.807, 2.05) is 55.6 Å². The molecular formula is C16H20N2O. The van der Waals surface area contributed by atoms with Gasteiger partial charge in [-0.25, -0.2) is 0 Å². The zero-order valence-electron chi connectivity index (χ0n) is 11.2. The van der Waals surface area contributed by atoms with E-state index >= 15 is 0 Å². The van der Waals surface area contributed by atoms with Gasteiger partial charge < -0.3 is 10.4 Å². The maximum atomic E-state index is 8.52. The lowest BCUT2D eigenvalue weighted by Crippen LogP contribution is -1.86. The van der Waals surface area contributed by atoms with E-state index in [0.717, 1.165) is 11.3 Å². The Morgan fingerprint density at radius 3 is 2.42 bits per heavy atom. The third-order valence-corrected chi connectivity index (χ3v) is 2.35. The summed E-state index contributed by atoms with van der Waals surface area (Å²) in [4.78, 5) is 3.95. The number of allylic oxidation sites excluding steroid dienone is 5. The summed E-state index contributed by atoms with van der Waals surface area (Å²) in [6.07, 6.45) is 13.3. The third kappa shape index (κ3) is 7.01. The van der Waals surface area contributed by atoms with Crippen LogP contribution < -0.4 is 5.32 Å². The fraction of sp³-hybridized carbons (Fsp3) is 0.188. The standard InChI is InChI=1S/C16H20N2O/c1-17-16-10-8-15(9-11-16)7-5-3-2-4-6-12-18-13-14-19/h2-12,17,19H,13-14H2,1H3/b3-2+,6-4-,7-5+,18-12+. The number of aliphatic hydroxyl groups is 1. The van der Waals surface area contributed by atoms with Crippen molar-refractivity contribution in [3.63, 3.8) is 0 Å². The zero-order valence-corrected chi connectivity index (χ0v) is 11.2. The highest BCUT2D eigenvalue weighted by Gasteiger charge is 1.86. The normalized spacial score (nSPS) is 12.3. The first-order valence-electron chi connectivity index (χ1n) is 6.25. The molecule has 0 aliphatic heterocycles. The van der Waals surface area contributed by atoms with Gasteiger partial charge in [0.05, 0.1) is 13.2 Å². The lowest BCUT2D eigenvalue weighted by atomic mass is 10.2. The maximum Gasteiger partial charge on any atom is 0.0626 e. The summed E-state index contributed by atoms with van der Waals surface area (Å²) in [5.41, 5.74) is 2.27. The van der Waals surface area contributed by atoms with Crippen LogP contribution in [0.2, 0.25) is 0 Å². The second kappa shape index (κ2) is 9.85. The van der Waals surface area contributed by atoms with Crippen LogP contribution in [0.25, 0.3) is 6.08 Å². The molecule has 0 saturated heterocycles. The lowest BCUT2D eigenvalue weighted by molar-refractivity contribution is 0.307. The first-order valence-corrected chi connectivity index (χ1v) is 6.25. The summed E-state index contributed by atoms with van der Waals surface area (Å²) in [6, 6.07) is 8.21. The molecule has 0 fully saturated rings. The van der Waals surface area contributed by atoms with Crippen LogP contribution in [0.15, 0.2) is 59.6 Å². The van der Waals surface area contributed by atoms with Crippen molar-refractivity contribution in [1.82, 2.24) is 0 Å². The van der Waals surface area contributed by atoms with Crippen molar-refractivity contribution in [3.8, 4) is 0 Å². The molecule has 1 aromatic rings. The molecule has 1 aromatic carbocycles. The molecule has 0 radical (unpaired) electrons. The van der Waals surface area contributed by atoms with Crippen LogP contribution in [0.1, 0.15) is 5.56 Å². The molecular weight excluding hydrogens is 236 g/mol. The van der Waals surface area contributed by atoms with Crippen LogP contribution in [0.3, 0.4) is 0 Å². The number of rotatable bonds is 7. The summed E-state index contributed by atoms with van der Waals surface area (Å²) >= 11 is 0. The molecule has 0 amide bonds. The van der Waals surface area contributed by atoms with E-state index in [-0.39, 0.29) is 6.61 Å². The Labute approximate surface area is 114 Å². The Morgan fingerprint density at radius 2 is 1.74 bits per heavy atom.